The second kappa shape index (κ2) is 10.3. The van der Waals surface area contributed by atoms with Crippen molar-refractivity contribution in [2.75, 3.05) is 19.8 Å². The number of carbonyl (C=O) groups is 1. The molecule has 0 aromatic heterocycles. The standard InChI is InChI=1S/C29H35NO8/c1-28(2)36-24-17-33-23(25(26(24)37-28)34-15-19-9-5-3-6-10-19)14-29(18-31)13-21-27(32)35-16-22(30(21)38-29)20-11-7-4-8-12-20/h3-12,21-26,31H,13-18H2,1-2H3/t21-,22+,23+,24+,25+,26+,29+/m0/s1. The zero-order valence-electron chi connectivity index (χ0n) is 21.7. The molecule has 4 aliphatic rings. The van der Waals surface area contributed by atoms with Crippen LogP contribution in [0.2, 0.25) is 0 Å². The highest BCUT2D eigenvalue weighted by Crippen LogP contribution is 2.45. The minimum atomic E-state index is -1.04. The first-order valence-electron chi connectivity index (χ1n) is 13.3. The summed E-state index contributed by atoms with van der Waals surface area (Å²) in [5.74, 6) is -1.10. The zero-order valence-corrected chi connectivity index (χ0v) is 21.7. The number of benzene rings is 2. The second-order valence-electron chi connectivity index (χ2n) is 11.0. The predicted molar refractivity (Wildman–Crippen MR) is 134 cm³/mol. The first-order valence-corrected chi connectivity index (χ1v) is 13.3. The van der Waals surface area contributed by atoms with Crippen molar-refractivity contribution in [1.29, 1.82) is 0 Å². The number of aliphatic hydroxyl groups excluding tert-OH is 1. The third kappa shape index (κ3) is 5.00. The van der Waals surface area contributed by atoms with Gasteiger partial charge in [0.05, 0.1) is 32.0 Å². The second-order valence-corrected chi connectivity index (χ2v) is 11.0. The minimum Gasteiger partial charge on any atom is -0.462 e. The average Bonchev–Trinajstić information content (AvgIpc) is 3.47. The summed E-state index contributed by atoms with van der Waals surface area (Å²) in [6.45, 7) is 4.40. The fraction of sp³-hybridized carbons (Fsp3) is 0.552. The van der Waals surface area contributed by atoms with Crippen LogP contribution >= 0.6 is 0 Å². The molecule has 7 atom stereocenters. The van der Waals surface area contributed by atoms with Crippen LogP contribution in [0.4, 0.5) is 0 Å². The SMILES string of the molecule is CC1(C)O[C@H]2[C@H](OCc3ccccc3)[C@@H](C[C@@]3(CO)C[C@H]4C(=O)OC[C@H](c5ccccc5)N4O3)OC[C@H]2O1. The van der Waals surface area contributed by atoms with Crippen molar-refractivity contribution in [3.63, 3.8) is 0 Å². The number of hydroxylamine groups is 2. The summed E-state index contributed by atoms with van der Waals surface area (Å²) in [5, 5.41) is 12.4. The van der Waals surface area contributed by atoms with Crippen molar-refractivity contribution in [3.05, 3.63) is 71.8 Å². The van der Waals surface area contributed by atoms with Crippen molar-refractivity contribution in [2.45, 2.75) is 81.2 Å². The van der Waals surface area contributed by atoms with Crippen molar-refractivity contribution >= 4 is 5.97 Å². The summed E-state index contributed by atoms with van der Waals surface area (Å²) < 4.78 is 30.7. The van der Waals surface area contributed by atoms with Crippen molar-refractivity contribution in [2.24, 2.45) is 0 Å². The Kier molecular flexibility index (Phi) is 7.02. The van der Waals surface area contributed by atoms with E-state index in [2.05, 4.69) is 0 Å². The van der Waals surface area contributed by atoms with Crippen LogP contribution in [-0.2, 0) is 39.9 Å². The van der Waals surface area contributed by atoms with Crippen LogP contribution in [0.3, 0.4) is 0 Å². The number of morpholine rings is 1. The van der Waals surface area contributed by atoms with Gasteiger partial charge in [-0.15, -0.1) is 0 Å². The lowest BCUT2D eigenvalue weighted by atomic mass is 9.86. The van der Waals surface area contributed by atoms with Crippen molar-refractivity contribution in [1.82, 2.24) is 5.06 Å². The molecule has 38 heavy (non-hydrogen) atoms. The number of cyclic esters (lactones) is 1. The van der Waals surface area contributed by atoms with Gasteiger partial charge in [0, 0.05) is 12.8 Å². The smallest absolute Gasteiger partial charge is 0.325 e. The summed E-state index contributed by atoms with van der Waals surface area (Å²) in [6.07, 6.45) is -0.907. The number of carbonyl (C=O) groups excluding carboxylic acids is 1. The molecule has 2 aromatic rings. The van der Waals surface area contributed by atoms with E-state index in [9.17, 15) is 9.90 Å². The van der Waals surface area contributed by atoms with Gasteiger partial charge < -0.3 is 28.8 Å². The van der Waals surface area contributed by atoms with Crippen LogP contribution in [-0.4, -0.2) is 77.8 Å². The third-order valence-corrected chi connectivity index (χ3v) is 7.85. The molecule has 9 nitrogen and oxygen atoms in total. The molecule has 0 amide bonds. The number of hydrogen-bond donors (Lipinski definition) is 1. The molecule has 4 saturated heterocycles. The molecular formula is C29H35NO8. The van der Waals surface area contributed by atoms with E-state index in [-0.39, 0.29) is 43.9 Å². The molecule has 0 bridgehead atoms. The quantitative estimate of drug-likeness (QED) is 0.548. The average molecular weight is 526 g/mol. The Morgan fingerprint density at radius 2 is 1.74 bits per heavy atom. The molecule has 2 aromatic carbocycles. The van der Waals surface area contributed by atoms with Crippen LogP contribution in [0, 0.1) is 0 Å². The van der Waals surface area contributed by atoms with E-state index in [1.165, 1.54) is 0 Å². The first kappa shape index (κ1) is 25.9. The monoisotopic (exact) mass is 525 g/mol. The molecule has 1 N–H and O–H groups in total. The fourth-order valence-electron chi connectivity index (χ4n) is 6.07. The number of hydrogen-bond acceptors (Lipinski definition) is 9. The Morgan fingerprint density at radius 1 is 1.00 bits per heavy atom. The Bertz CT molecular complexity index is 1110. The number of nitrogens with zero attached hydrogens (tertiary/aromatic N) is 1. The van der Waals surface area contributed by atoms with Gasteiger partial charge in [-0.25, -0.2) is 0 Å². The van der Waals surface area contributed by atoms with E-state index in [0.717, 1.165) is 11.1 Å². The van der Waals surface area contributed by atoms with Crippen LogP contribution in [0.5, 0.6) is 0 Å². The largest absolute Gasteiger partial charge is 0.462 e. The number of aliphatic hydroxyl groups is 1. The van der Waals surface area contributed by atoms with E-state index < -0.39 is 29.6 Å². The molecule has 204 valence electrons. The minimum absolute atomic E-state index is 0.188. The molecule has 4 fully saturated rings. The van der Waals surface area contributed by atoms with E-state index >= 15 is 0 Å². The molecule has 4 aliphatic heterocycles. The van der Waals surface area contributed by atoms with Crippen LogP contribution in [0.1, 0.15) is 43.9 Å². The Morgan fingerprint density at radius 3 is 2.47 bits per heavy atom. The molecule has 0 radical (unpaired) electrons. The highest BCUT2D eigenvalue weighted by Gasteiger charge is 2.58. The lowest BCUT2D eigenvalue weighted by Crippen LogP contribution is -2.55. The maximum Gasteiger partial charge on any atom is 0.325 e. The number of esters is 1. The maximum atomic E-state index is 12.8. The number of fused-ring (bicyclic) bond motifs is 2. The molecule has 0 spiro atoms. The fourth-order valence-corrected chi connectivity index (χ4v) is 6.07. The van der Waals surface area contributed by atoms with Gasteiger partial charge in [-0.2, -0.15) is 5.06 Å². The van der Waals surface area contributed by atoms with Gasteiger partial charge in [0.15, 0.2) is 5.79 Å². The summed E-state index contributed by atoms with van der Waals surface area (Å²) in [5.41, 5.74) is 0.978. The summed E-state index contributed by atoms with van der Waals surface area (Å²) in [7, 11) is 0. The summed E-state index contributed by atoms with van der Waals surface area (Å²) in [4.78, 5) is 19.3. The van der Waals surface area contributed by atoms with E-state index in [0.29, 0.717) is 19.6 Å². The van der Waals surface area contributed by atoms with Gasteiger partial charge in [0.25, 0.3) is 0 Å². The highest BCUT2D eigenvalue weighted by atomic mass is 16.8. The third-order valence-electron chi connectivity index (χ3n) is 7.85. The summed E-state index contributed by atoms with van der Waals surface area (Å²) in [6, 6.07) is 18.9. The maximum absolute atomic E-state index is 12.8. The predicted octanol–water partition coefficient (Wildman–Crippen LogP) is 2.92. The Labute approximate surface area is 222 Å². The van der Waals surface area contributed by atoms with Gasteiger partial charge in [-0.1, -0.05) is 60.7 Å². The lowest BCUT2D eigenvalue weighted by Gasteiger charge is -2.41. The van der Waals surface area contributed by atoms with Crippen molar-refractivity contribution in [3.8, 4) is 0 Å². The van der Waals surface area contributed by atoms with Crippen LogP contribution in [0.25, 0.3) is 0 Å². The Hall–Kier alpha value is -2.37. The normalized spacial score (nSPS) is 36.4. The molecule has 9 heteroatoms. The van der Waals surface area contributed by atoms with Crippen molar-refractivity contribution < 1.29 is 38.4 Å². The Balaban J connectivity index is 1.24. The van der Waals surface area contributed by atoms with Crippen LogP contribution in [0.15, 0.2) is 60.7 Å². The molecule has 6 rings (SSSR count). The van der Waals surface area contributed by atoms with E-state index in [1.807, 2.05) is 74.5 Å². The van der Waals surface area contributed by atoms with Gasteiger partial charge in [-0.05, 0) is 25.0 Å². The van der Waals surface area contributed by atoms with E-state index in [4.69, 9.17) is 28.5 Å². The summed E-state index contributed by atoms with van der Waals surface area (Å²) >= 11 is 0. The van der Waals surface area contributed by atoms with E-state index in [1.54, 1.807) is 5.06 Å². The van der Waals surface area contributed by atoms with Gasteiger partial charge >= 0.3 is 5.97 Å². The molecule has 4 heterocycles. The lowest BCUT2D eigenvalue weighted by molar-refractivity contribution is -0.271. The van der Waals surface area contributed by atoms with Gasteiger partial charge in [-0.3, -0.25) is 9.63 Å². The number of rotatable bonds is 7. The topological polar surface area (TPSA) is 95.9 Å². The molecular weight excluding hydrogens is 490 g/mol. The van der Waals surface area contributed by atoms with Gasteiger partial charge in [0.2, 0.25) is 0 Å². The first-order chi connectivity index (χ1) is 18.4. The zero-order chi connectivity index (χ0) is 26.3. The molecule has 0 aliphatic carbocycles. The highest BCUT2D eigenvalue weighted by molar-refractivity contribution is 5.77. The molecule has 0 unspecified atom stereocenters. The molecule has 0 saturated carbocycles. The van der Waals surface area contributed by atoms with Gasteiger partial charge in [0.1, 0.15) is 36.6 Å². The van der Waals surface area contributed by atoms with Crippen LogP contribution < -0.4 is 0 Å². The number of ether oxygens (including phenoxy) is 5.